The van der Waals surface area contributed by atoms with Gasteiger partial charge in [0.05, 0.1) is 0 Å². The minimum atomic E-state index is 0.418. The summed E-state index contributed by atoms with van der Waals surface area (Å²) in [5.74, 6) is 1.09. The van der Waals surface area contributed by atoms with Crippen molar-refractivity contribution in [2.45, 2.75) is 5.92 Å². The Bertz CT molecular complexity index is 289. The van der Waals surface area contributed by atoms with Gasteiger partial charge in [-0.15, -0.1) is 11.6 Å². The lowest BCUT2D eigenvalue weighted by molar-refractivity contribution is 1.000. The molecule has 2 rings (SSSR count). The first-order valence-corrected chi connectivity index (χ1v) is 4.19. The lowest BCUT2D eigenvalue weighted by Gasteiger charge is -2.04. The highest BCUT2D eigenvalue weighted by molar-refractivity contribution is 6.18. The predicted octanol–water partition coefficient (Wildman–Crippen LogP) is 2.84. The maximum atomic E-state index is 5.77. The molecule has 1 atom stereocenters. The molecule has 0 aromatic heterocycles. The molecule has 0 amide bonds. The minimum absolute atomic E-state index is 0.418. The van der Waals surface area contributed by atoms with Crippen molar-refractivity contribution in [3.05, 3.63) is 41.5 Å². The molecule has 1 aliphatic carbocycles. The van der Waals surface area contributed by atoms with Gasteiger partial charge in [0.15, 0.2) is 0 Å². The summed E-state index contributed by atoms with van der Waals surface area (Å²) in [5.41, 5.74) is 2.59. The van der Waals surface area contributed by atoms with Crippen LogP contribution < -0.4 is 0 Å². The van der Waals surface area contributed by atoms with Gasteiger partial charge in [0.1, 0.15) is 0 Å². The first kappa shape index (κ1) is 6.93. The standard InChI is InChI=1S/C10H8Cl/c11-7-9-6-5-8-3-1-2-4-10(8)9/h2-6,9H,7H2. The van der Waals surface area contributed by atoms with E-state index in [1.54, 1.807) is 0 Å². The predicted molar refractivity (Wildman–Crippen MR) is 47.8 cm³/mol. The van der Waals surface area contributed by atoms with E-state index in [1.165, 1.54) is 11.1 Å². The Morgan fingerprint density at radius 3 is 3.27 bits per heavy atom. The zero-order valence-electron chi connectivity index (χ0n) is 6.05. The Labute approximate surface area is 71.5 Å². The smallest absolute Gasteiger partial charge is 0.0327 e. The van der Waals surface area contributed by atoms with E-state index in [0.29, 0.717) is 11.8 Å². The summed E-state index contributed by atoms with van der Waals surface area (Å²) in [6.07, 6.45) is 4.25. The molecule has 1 aromatic rings. The Morgan fingerprint density at radius 1 is 1.55 bits per heavy atom. The van der Waals surface area contributed by atoms with Crippen molar-refractivity contribution in [2.75, 3.05) is 5.88 Å². The average Bonchev–Trinajstić information content (AvgIpc) is 2.47. The number of allylic oxidation sites excluding steroid dienone is 1. The van der Waals surface area contributed by atoms with Crippen LogP contribution in [0.25, 0.3) is 6.08 Å². The number of alkyl halides is 1. The van der Waals surface area contributed by atoms with Gasteiger partial charge in [-0.05, 0) is 23.3 Å². The third kappa shape index (κ3) is 1.08. The summed E-state index contributed by atoms with van der Waals surface area (Å²) >= 11 is 5.77. The quantitative estimate of drug-likeness (QED) is 0.559. The third-order valence-corrected chi connectivity index (χ3v) is 2.34. The summed E-state index contributed by atoms with van der Waals surface area (Å²) in [6.45, 7) is 0. The average molecular weight is 164 g/mol. The number of hydrogen-bond acceptors (Lipinski definition) is 0. The van der Waals surface area contributed by atoms with E-state index < -0.39 is 0 Å². The van der Waals surface area contributed by atoms with E-state index in [-0.39, 0.29) is 0 Å². The van der Waals surface area contributed by atoms with E-state index in [2.05, 4.69) is 24.3 Å². The largest absolute Gasteiger partial charge is 0.126 e. The lowest BCUT2D eigenvalue weighted by atomic mass is 10.0. The second-order valence-corrected chi connectivity index (χ2v) is 2.98. The molecular weight excluding hydrogens is 156 g/mol. The molecule has 1 aromatic carbocycles. The number of fused-ring (bicyclic) bond motifs is 1. The molecular formula is C10H8Cl. The van der Waals surface area contributed by atoms with E-state index in [9.17, 15) is 0 Å². The zero-order valence-corrected chi connectivity index (χ0v) is 6.81. The Kier molecular flexibility index (Phi) is 1.71. The second kappa shape index (κ2) is 2.71. The third-order valence-electron chi connectivity index (χ3n) is 2.01. The maximum absolute atomic E-state index is 5.77. The maximum Gasteiger partial charge on any atom is 0.0327 e. The molecule has 1 unspecified atom stereocenters. The molecule has 1 aliphatic rings. The van der Waals surface area contributed by atoms with Crippen LogP contribution in [-0.2, 0) is 0 Å². The molecule has 0 N–H and O–H groups in total. The van der Waals surface area contributed by atoms with Gasteiger partial charge in [-0.3, -0.25) is 0 Å². The van der Waals surface area contributed by atoms with Crippen LogP contribution in [0.2, 0.25) is 0 Å². The van der Waals surface area contributed by atoms with Crippen LogP contribution in [0.1, 0.15) is 17.0 Å². The van der Waals surface area contributed by atoms with Crippen molar-refractivity contribution < 1.29 is 0 Å². The van der Waals surface area contributed by atoms with Gasteiger partial charge in [-0.25, -0.2) is 0 Å². The van der Waals surface area contributed by atoms with Crippen LogP contribution in [0.3, 0.4) is 0 Å². The SMILES string of the molecule is ClCC1C=Cc2c[c]ccc21. The van der Waals surface area contributed by atoms with Crippen molar-refractivity contribution in [1.29, 1.82) is 0 Å². The molecule has 0 nitrogen and oxygen atoms in total. The number of rotatable bonds is 1. The molecule has 0 saturated heterocycles. The van der Waals surface area contributed by atoms with Gasteiger partial charge in [0, 0.05) is 11.8 Å². The van der Waals surface area contributed by atoms with Crippen LogP contribution in [0.15, 0.2) is 24.3 Å². The molecule has 1 radical (unpaired) electrons. The molecule has 1 heteroatoms. The van der Waals surface area contributed by atoms with Crippen LogP contribution in [-0.4, -0.2) is 5.88 Å². The Balaban J connectivity index is 2.46. The van der Waals surface area contributed by atoms with Crippen molar-refractivity contribution in [2.24, 2.45) is 0 Å². The molecule has 11 heavy (non-hydrogen) atoms. The van der Waals surface area contributed by atoms with Crippen LogP contribution in [0.5, 0.6) is 0 Å². The van der Waals surface area contributed by atoms with E-state index in [4.69, 9.17) is 11.6 Å². The van der Waals surface area contributed by atoms with Gasteiger partial charge in [-0.1, -0.05) is 24.3 Å². The van der Waals surface area contributed by atoms with E-state index >= 15 is 0 Å². The highest BCUT2D eigenvalue weighted by atomic mass is 35.5. The van der Waals surface area contributed by atoms with Crippen molar-refractivity contribution in [3.63, 3.8) is 0 Å². The van der Waals surface area contributed by atoms with Crippen LogP contribution in [0, 0.1) is 6.07 Å². The summed E-state index contributed by atoms with van der Waals surface area (Å²) in [5, 5.41) is 0. The van der Waals surface area contributed by atoms with Gasteiger partial charge in [0.2, 0.25) is 0 Å². The Hall–Kier alpha value is -0.750. The monoisotopic (exact) mass is 163 g/mol. The van der Waals surface area contributed by atoms with Crippen LogP contribution >= 0.6 is 11.6 Å². The molecule has 0 fully saturated rings. The van der Waals surface area contributed by atoms with Crippen molar-refractivity contribution in [1.82, 2.24) is 0 Å². The van der Waals surface area contributed by atoms with Gasteiger partial charge in [-0.2, -0.15) is 0 Å². The summed E-state index contributed by atoms with van der Waals surface area (Å²) in [6, 6.07) is 9.06. The normalized spacial score (nSPS) is 20.3. The topological polar surface area (TPSA) is 0 Å². The second-order valence-electron chi connectivity index (χ2n) is 2.67. The first-order valence-electron chi connectivity index (χ1n) is 3.66. The summed E-state index contributed by atoms with van der Waals surface area (Å²) < 4.78 is 0. The molecule has 0 saturated carbocycles. The Morgan fingerprint density at radius 2 is 2.45 bits per heavy atom. The zero-order chi connectivity index (χ0) is 7.68. The van der Waals surface area contributed by atoms with Gasteiger partial charge < -0.3 is 0 Å². The lowest BCUT2D eigenvalue weighted by Crippen LogP contribution is -1.92. The molecule has 0 bridgehead atoms. The highest BCUT2D eigenvalue weighted by Crippen LogP contribution is 2.29. The minimum Gasteiger partial charge on any atom is -0.126 e. The summed E-state index contributed by atoms with van der Waals surface area (Å²) in [4.78, 5) is 0. The van der Waals surface area contributed by atoms with Crippen molar-refractivity contribution >= 4 is 17.7 Å². The molecule has 0 aliphatic heterocycles. The number of halogens is 1. The number of hydrogen-bond donors (Lipinski definition) is 0. The molecule has 0 spiro atoms. The fraction of sp³-hybridized carbons (Fsp3) is 0.200. The van der Waals surface area contributed by atoms with Gasteiger partial charge in [0.25, 0.3) is 0 Å². The number of benzene rings is 1. The first-order chi connectivity index (χ1) is 5.42. The molecule has 55 valence electrons. The van der Waals surface area contributed by atoms with Crippen LogP contribution in [0.4, 0.5) is 0 Å². The summed E-state index contributed by atoms with van der Waals surface area (Å²) in [7, 11) is 0. The van der Waals surface area contributed by atoms with Crippen molar-refractivity contribution in [3.8, 4) is 0 Å². The fourth-order valence-electron chi connectivity index (χ4n) is 1.40. The fourth-order valence-corrected chi connectivity index (χ4v) is 1.66. The van der Waals surface area contributed by atoms with E-state index in [0.717, 1.165) is 0 Å². The van der Waals surface area contributed by atoms with Gasteiger partial charge >= 0.3 is 0 Å². The highest BCUT2D eigenvalue weighted by Gasteiger charge is 2.14. The molecule has 0 heterocycles. The van der Waals surface area contributed by atoms with E-state index in [1.807, 2.05) is 12.1 Å².